The van der Waals surface area contributed by atoms with Crippen molar-refractivity contribution in [3.8, 4) is 0 Å². The summed E-state index contributed by atoms with van der Waals surface area (Å²) in [7, 11) is 0. The number of nitrogens with one attached hydrogen (secondary N) is 2. The van der Waals surface area contributed by atoms with Crippen LogP contribution >= 0.6 is 0 Å². The number of aromatic amines is 1. The van der Waals surface area contributed by atoms with Crippen LogP contribution < -0.4 is 5.32 Å². The van der Waals surface area contributed by atoms with Crippen LogP contribution in [-0.2, 0) is 11.3 Å². The molecule has 0 saturated carbocycles. The molecule has 2 aromatic rings. The van der Waals surface area contributed by atoms with Crippen LogP contribution in [0, 0.1) is 6.92 Å². The Kier molecular flexibility index (Phi) is 4.01. The number of likely N-dealkylation sites (tertiary alicyclic amines) is 1. The predicted molar refractivity (Wildman–Crippen MR) is 81.8 cm³/mol. The zero-order chi connectivity index (χ0) is 14.7. The molecule has 1 aliphatic heterocycles. The number of amides is 1. The molecule has 0 bridgehead atoms. The maximum absolute atomic E-state index is 12.4. The van der Waals surface area contributed by atoms with Crippen LogP contribution in [-0.4, -0.2) is 33.6 Å². The van der Waals surface area contributed by atoms with E-state index in [1.165, 1.54) is 5.56 Å². The molecule has 2 N–H and O–H groups in total. The number of rotatable bonds is 4. The minimum atomic E-state index is -0.0674. The van der Waals surface area contributed by atoms with Gasteiger partial charge in [0.25, 0.3) is 0 Å². The Bertz CT molecular complexity index is 608. The first-order valence-electron chi connectivity index (χ1n) is 7.33. The van der Waals surface area contributed by atoms with E-state index < -0.39 is 0 Å². The number of carbonyl (C=O) groups is 1. The van der Waals surface area contributed by atoms with Crippen molar-refractivity contribution in [1.29, 1.82) is 0 Å². The van der Waals surface area contributed by atoms with Crippen molar-refractivity contribution >= 4 is 11.7 Å². The van der Waals surface area contributed by atoms with Gasteiger partial charge in [0.2, 0.25) is 5.91 Å². The van der Waals surface area contributed by atoms with Gasteiger partial charge in [-0.05, 0) is 31.9 Å². The Hall–Kier alpha value is -2.14. The van der Waals surface area contributed by atoms with E-state index in [1.807, 2.05) is 31.2 Å². The number of nitrogens with zero attached hydrogens (tertiary/aromatic N) is 2. The first kappa shape index (κ1) is 13.8. The molecule has 5 nitrogen and oxygen atoms in total. The Morgan fingerprint density at radius 1 is 1.43 bits per heavy atom. The van der Waals surface area contributed by atoms with E-state index in [0.29, 0.717) is 5.82 Å². The van der Waals surface area contributed by atoms with Crippen molar-refractivity contribution in [1.82, 2.24) is 15.1 Å². The summed E-state index contributed by atoms with van der Waals surface area (Å²) in [5.74, 6) is 0.638. The van der Waals surface area contributed by atoms with Gasteiger partial charge in [-0.15, -0.1) is 0 Å². The van der Waals surface area contributed by atoms with E-state index in [9.17, 15) is 4.79 Å². The Labute approximate surface area is 124 Å². The molecule has 5 heteroatoms. The number of aromatic nitrogens is 2. The molecule has 0 radical (unpaired) electrons. The van der Waals surface area contributed by atoms with E-state index in [4.69, 9.17) is 0 Å². The van der Waals surface area contributed by atoms with Crippen molar-refractivity contribution < 1.29 is 4.79 Å². The molecule has 1 atom stereocenters. The minimum absolute atomic E-state index is 0.0370. The zero-order valence-electron chi connectivity index (χ0n) is 12.2. The molecule has 21 heavy (non-hydrogen) atoms. The van der Waals surface area contributed by atoms with E-state index >= 15 is 0 Å². The quantitative estimate of drug-likeness (QED) is 0.905. The Morgan fingerprint density at radius 2 is 2.24 bits per heavy atom. The molecule has 3 rings (SSSR count). The maximum atomic E-state index is 12.4. The Balaban J connectivity index is 1.64. The third kappa shape index (κ3) is 3.31. The molecule has 110 valence electrons. The topological polar surface area (TPSA) is 61.0 Å². The van der Waals surface area contributed by atoms with Gasteiger partial charge in [0.15, 0.2) is 5.82 Å². The standard InChI is InChI=1S/C16H20N4O/c1-12-10-15(19-18-12)17-16(21)14-8-5-9-20(14)11-13-6-3-2-4-7-13/h2-4,6-7,10,14H,5,8-9,11H2,1H3,(H2,17,18,19,21)/t14-/m0/s1. The molecular formula is C16H20N4O. The van der Waals surface area contributed by atoms with Gasteiger partial charge < -0.3 is 5.32 Å². The number of aryl methyl sites for hydroxylation is 1. The highest BCUT2D eigenvalue weighted by molar-refractivity contribution is 5.94. The van der Waals surface area contributed by atoms with E-state index in [2.05, 4.69) is 32.5 Å². The van der Waals surface area contributed by atoms with Gasteiger partial charge in [-0.1, -0.05) is 30.3 Å². The van der Waals surface area contributed by atoms with Crippen LogP contribution in [0.25, 0.3) is 0 Å². The lowest BCUT2D eigenvalue weighted by Gasteiger charge is -2.23. The van der Waals surface area contributed by atoms with E-state index in [1.54, 1.807) is 0 Å². The van der Waals surface area contributed by atoms with E-state index in [0.717, 1.165) is 31.6 Å². The third-order valence-corrected chi connectivity index (χ3v) is 3.85. The number of benzene rings is 1. The molecule has 2 heterocycles. The lowest BCUT2D eigenvalue weighted by Crippen LogP contribution is -2.39. The Morgan fingerprint density at radius 3 is 2.95 bits per heavy atom. The molecule has 1 fully saturated rings. The van der Waals surface area contributed by atoms with Crippen LogP contribution in [0.4, 0.5) is 5.82 Å². The normalized spacial score (nSPS) is 18.8. The van der Waals surface area contributed by atoms with Gasteiger partial charge in [0.1, 0.15) is 0 Å². The molecule has 0 spiro atoms. The first-order chi connectivity index (χ1) is 10.2. The van der Waals surface area contributed by atoms with Crippen molar-refractivity contribution in [2.45, 2.75) is 32.4 Å². The first-order valence-corrected chi connectivity index (χ1v) is 7.33. The summed E-state index contributed by atoms with van der Waals surface area (Å²) in [5, 5.41) is 9.80. The molecule has 1 aromatic heterocycles. The molecule has 1 aromatic carbocycles. The summed E-state index contributed by atoms with van der Waals surface area (Å²) in [6.45, 7) is 3.70. The van der Waals surface area contributed by atoms with Crippen LogP contribution in [0.1, 0.15) is 24.1 Å². The van der Waals surface area contributed by atoms with E-state index in [-0.39, 0.29) is 11.9 Å². The van der Waals surface area contributed by atoms with Gasteiger partial charge in [0.05, 0.1) is 6.04 Å². The summed E-state index contributed by atoms with van der Waals surface area (Å²) in [6, 6.07) is 12.1. The summed E-state index contributed by atoms with van der Waals surface area (Å²) >= 11 is 0. The summed E-state index contributed by atoms with van der Waals surface area (Å²) in [5.41, 5.74) is 2.19. The fourth-order valence-corrected chi connectivity index (χ4v) is 2.82. The zero-order valence-corrected chi connectivity index (χ0v) is 12.2. The second kappa shape index (κ2) is 6.10. The maximum Gasteiger partial charge on any atom is 0.242 e. The fraction of sp³-hybridized carbons (Fsp3) is 0.375. The number of H-pyrrole nitrogens is 1. The van der Waals surface area contributed by atoms with Gasteiger partial charge >= 0.3 is 0 Å². The summed E-state index contributed by atoms with van der Waals surface area (Å²) in [4.78, 5) is 14.7. The fourth-order valence-electron chi connectivity index (χ4n) is 2.82. The third-order valence-electron chi connectivity index (χ3n) is 3.85. The van der Waals surface area contributed by atoms with Gasteiger partial charge in [0, 0.05) is 18.3 Å². The number of carbonyl (C=O) groups excluding carboxylic acids is 1. The summed E-state index contributed by atoms with van der Waals surface area (Å²) in [6.07, 6.45) is 1.96. The summed E-state index contributed by atoms with van der Waals surface area (Å²) < 4.78 is 0. The highest BCUT2D eigenvalue weighted by Crippen LogP contribution is 2.21. The molecule has 1 aliphatic rings. The monoisotopic (exact) mass is 284 g/mol. The lowest BCUT2D eigenvalue weighted by molar-refractivity contribution is -0.120. The second-order valence-corrected chi connectivity index (χ2v) is 5.54. The van der Waals surface area contributed by atoms with Crippen molar-refractivity contribution in [3.63, 3.8) is 0 Å². The van der Waals surface area contributed by atoms with Gasteiger partial charge in [-0.2, -0.15) is 5.10 Å². The lowest BCUT2D eigenvalue weighted by atomic mass is 10.1. The molecule has 1 saturated heterocycles. The van der Waals surface area contributed by atoms with Crippen LogP contribution in [0.3, 0.4) is 0 Å². The molecule has 1 amide bonds. The van der Waals surface area contributed by atoms with Gasteiger partial charge in [-0.3, -0.25) is 14.8 Å². The average Bonchev–Trinajstić information content (AvgIpc) is 3.09. The number of anilines is 1. The SMILES string of the molecule is Cc1cc(NC(=O)[C@@H]2CCCN2Cc2ccccc2)n[nH]1. The van der Waals surface area contributed by atoms with Gasteiger partial charge in [-0.25, -0.2) is 0 Å². The van der Waals surface area contributed by atoms with Crippen LogP contribution in [0.5, 0.6) is 0 Å². The van der Waals surface area contributed by atoms with Crippen molar-refractivity contribution in [2.75, 3.05) is 11.9 Å². The van der Waals surface area contributed by atoms with Crippen LogP contribution in [0.15, 0.2) is 36.4 Å². The second-order valence-electron chi connectivity index (χ2n) is 5.54. The van der Waals surface area contributed by atoms with Crippen LogP contribution in [0.2, 0.25) is 0 Å². The largest absolute Gasteiger partial charge is 0.308 e. The highest BCUT2D eigenvalue weighted by atomic mass is 16.2. The predicted octanol–water partition coefficient (Wildman–Crippen LogP) is 2.32. The molecule has 0 aliphatic carbocycles. The minimum Gasteiger partial charge on any atom is -0.308 e. The average molecular weight is 284 g/mol. The number of hydrogen-bond donors (Lipinski definition) is 2. The van der Waals surface area contributed by atoms with Crippen molar-refractivity contribution in [3.05, 3.63) is 47.7 Å². The smallest absolute Gasteiger partial charge is 0.242 e. The highest BCUT2D eigenvalue weighted by Gasteiger charge is 2.30. The number of hydrogen-bond acceptors (Lipinski definition) is 3. The van der Waals surface area contributed by atoms with Crippen molar-refractivity contribution in [2.24, 2.45) is 0 Å². The molecule has 0 unspecified atom stereocenters. The molecular weight excluding hydrogens is 264 g/mol.